The molecule has 0 aromatic heterocycles. The van der Waals surface area contributed by atoms with Gasteiger partial charge in [0.05, 0.1) is 7.05 Å². The van der Waals surface area contributed by atoms with Gasteiger partial charge in [0.2, 0.25) is 0 Å². The second-order valence-electron chi connectivity index (χ2n) is 7.47. The molecule has 22 heavy (non-hydrogen) atoms. The molecule has 0 aromatic rings. The van der Waals surface area contributed by atoms with Crippen molar-refractivity contribution < 1.29 is 14.5 Å². The SMILES string of the molecule is C[C@@H]1[C@H](C)CCC[C@H]1NC(=O)[C@@H](C)[NH+](C)CC(=O)NC1CC1. The number of amides is 2. The fraction of sp³-hybridized carbons (Fsp3) is 0.882. The highest BCUT2D eigenvalue weighted by Gasteiger charge is 2.32. The maximum Gasteiger partial charge on any atom is 0.278 e. The Morgan fingerprint density at radius 2 is 1.82 bits per heavy atom. The number of quaternary nitrogens is 1. The molecule has 0 aromatic carbocycles. The van der Waals surface area contributed by atoms with Crippen LogP contribution in [0.15, 0.2) is 0 Å². The van der Waals surface area contributed by atoms with Gasteiger partial charge in [-0.3, -0.25) is 9.59 Å². The van der Waals surface area contributed by atoms with Crippen LogP contribution in [0.5, 0.6) is 0 Å². The molecule has 3 N–H and O–H groups in total. The molecule has 2 rings (SSSR count). The summed E-state index contributed by atoms with van der Waals surface area (Å²) in [6.45, 7) is 6.78. The summed E-state index contributed by atoms with van der Waals surface area (Å²) < 4.78 is 0. The first-order valence-electron chi connectivity index (χ1n) is 8.80. The molecule has 0 radical (unpaired) electrons. The van der Waals surface area contributed by atoms with E-state index in [1.807, 2.05) is 14.0 Å². The van der Waals surface area contributed by atoms with E-state index in [0.29, 0.717) is 24.4 Å². The van der Waals surface area contributed by atoms with Crippen molar-refractivity contribution >= 4 is 11.8 Å². The molecule has 0 saturated heterocycles. The van der Waals surface area contributed by atoms with Crippen molar-refractivity contribution in [2.75, 3.05) is 13.6 Å². The number of carbonyl (C=O) groups is 2. The monoisotopic (exact) mass is 310 g/mol. The minimum atomic E-state index is -0.200. The lowest BCUT2D eigenvalue weighted by Crippen LogP contribution is -3.15. The first kappa shape index (κ1) is 17.3. The average Bonchev–Trinajstić information content (AvgIpc) is 3.26. The van der Waals surface area contributed by atoms with E-state index in [-0.39, 0.29) is 23.9 Å². The third-order valence-electron chi connectivity index (χ3n) is 5.55. The van der Waals surface area contributed by atoms with Crippen molar-refractivity contribution in [2.24, 2.45) is 11.8 Å². The van der Waals surface area contributed by atoms with Crippen molar-refractivity contribution in [3.8, 4) is 0 Å². The third kappa shape index (κ3) is 4.70. The van der Waals surface area contributed by atoms with E-state index >= 15 is 0 Å². The van der Waals surface area contributed by atoms with Gasteiger partial charge in [0.1, 0.15) is 0 Å². The number of nitrogens with one attached hydrogen (secondary N) is 3. The maximum absolute atomic E-state index is 12.5. The van der Waals surface area contributed by atoms with E-state index in [9.17, 15) is 9.59 Å². The van der Waals surface area contributed by atoms with Gasteiger partial charge in [-0.1, -0.05) is 26.7 Å². The van der Waals surface area contributed by atoms with Crippen LogP contribution in [0.1, 0.15) is 52.9 Å². The minimum Gasteiger partial charge on any atom is -0.348 e. The van der Waals surface area contributed by atoms with Crippen molar-refractivity contribution in [1.82, 2.24) is 10.6 Å². The fourth-order valence-corrected chi connectivity index (χ4v) is 3.23. The van der Waals surface area contributed by atoms with E-state index in [4.69, 9.17) is 0 Å². The number of rotatable bonds is 6. The molecule has 2 amide bonds. The molecular weight excluding hydrogens is 278 g/mol. The van der Waals surface area contributed by atoms with E-state index < -0.39 is 0 Å². The van der Waals surface area contributed by atoms with E-state index in [2.05, 4.69) is 24.5 Å². The van der Waals surface area contributed by atoms with Gasteiger partial charge in [-0.2, -0.15) is 0 Å². The summed E-state index contributed by atoms with van der Waals surface area (Å²) in [6.07, 6.45) is 5.72. The summed E-state index contributed by atoms with van der Waals surface area (Å²) in [6, 6.07) is 0.468. The van der Waals surface area contributed by atoms with Crippen LogP contribution in [0.4, 0.5) is 0 Å². The first-order chi connectivity index (χ1) is 10.4. The fourth-order valence-electron chi connectivity index (χ4n) is 3.23. The molecule has 2 aliphatic carbocycles. The Bertz CT molecular complexity index is 409. The average molecular weight is 310 g/mol. The van der Waals surface area contributed by atoms with Crippen LogP contribution in [0.25, 0.3) is 0 Å². The van der Waals surface area contributed by atoms with Crippen molar-refractivity contribution in [2.45, 2.75) is 71.0 Å². The molecule has 1 unspecified atom stereocenters. The summed E-state index contributed by atoms with van der Waals surface area (Å²) >= 11 is 0. The summed E-state index contributed by atoms with van der Waals surface area (Å²) in [7, 11) is 1.92. The van der Waals surface area contributed by atoms with Gasteiger partial charge in [-0.25, -0.2) is 0 Å². The molecule has 0 heterocycles. The van der Waals surface area contributed by atoms with E-state index in [1.54, 1.807) is 0 Å². The van der Waals surface area contributed by atoms with E-state index in [0.717, 1.165) is 24.2 Å². The molecule has 5 nitrogen and oxygen atoms in total. The Morgan fingerprint density at radius 3 is 2.45 bits per heavy atom. The predicted molar refractivity (Wildman–Crippen MR) is 86.5 cm³/mol. The lowest BCUT2D eigenvalue weighted by Gasteiger charge is -2.35. The van der Waals surface area contributed by atoms with Crippen LogP contribution in [-0.2, 0) is 9.59 Å². The van der Waals surface area contributed by atoms with Crippen molar-refractivity contribution in [3.63, 3.8) is 0 Å². The maximum atomic E-state index is 12.5. The first-order valence-corrected chi connectivity index (χ1v) is 8.80. The summed E-state index contributed by atoms with van der Waals surface area (Å²) in [5, 5.41) is 6.20. The normalized spacial score (nSPS) is 31.2. The van der Waals surface area contributed by atoms with Gasteiger partial charge in [0.25, 0.3) is 11.8 Å². The molecule has 0 bridgehead atoms. The zero-order chi connectivity index (χ0) is 16.3. The van der Waals surface area contributed by atoms with E-state index in [1.165, 1.54) is 12.8 Å². The molecule has 2 aliphatic rings. The highest BCUT2D eigenvalue weighted by molar-refractivity contribution is 5.81. The molecule has 5 atom stereocenters. The zero-order valence-corrected chi connectivity index (χ0v) is 14.4. The highest BCUT2D eigenvalue weighted by Crippen LogP contribution is 2.29. The van der Waals surface area contributed by atoms with Gasteiger partial charge >= 0.3 is 0 Å². The smallest absolute Gasteiger partial charge is 0.278 e. The molecular formula is C17H32N3O2+. The Hall–Kier alpha value is -1.10. The Labute approximate surface area is 134 Å². The van der Waals surface area contributed by atoms with Crippen LogP contribution >= 0.6 is 0 Å². The largest absolute Gasteiger partial charge is 0.348 e. The third-order valence-corrected chi connectivity index (χ3v) is 5.55. The minimum absolute atomic E-state index is 0.0549. The summed E-state index contributed by atoms with van der Waals surface area (Å²) in [5.41, 5.74) is 0. The molecule has 0 aliphatic heterocycles. The lowest BCUT2D eigenvalue weighted by atomic mass is 9.78. The van der Waals surface area contributed by atoms with Crippen molar-refractivity contribution in [1.29, 1.82) is 0 Å². The standard InChI is InChI=1S/C17H31N3O2/c1-11-6-5-7-15(12(11)2)19-17(22)13(3)20(4)10-16(21)18-14-8-9-14/h11-15H,5-10H2,1-4H3,(H,18,21)(H,19,22)/p+1/t11-,12-,13-,15-/m1/s1. The van der Waals surface area contributed by atoms with Crippen molar-refractivity contribution in [3.05, 3.63) is 0 Å². The van der Waals surface area contributed by atoms with Crippen LogP contribution in [-0.4, -0.2) is 43.5 Å². The van der Waals surface area contributed by atoms with Gasteiger partial charge in [0, 0.05) is 12.1 Å². The molecule has 5 heteroatoms. The van der Waals surface area contributed by atoms with Crippen LogP contribution < -0.4 is 15.5 Å². The number of carbonyl (C=O) groups excluding carboxylic acids is 2. The molecule has 0 spiro atoms. The van der Waals surface area contributed by atoms with Crippen LogP contribution in [0, 0.1) is 11.8 Å². The second kappa shape index (κ2) is 7.44. The molecule has 2 saturated carbocycles. The summed E-state index contributed by atoms with van der Waals surface area (Å²) in [4.78, 5) is 25.3. The Kier molecular flexibility index (Phi) is 5.84. The lowest BCUT2D eigenvalue weighted by molar-refractivity contribution is -0.886. The second-order valence-corrected chi connectivity index (χ2v) is 7.47. The quantitative estimate of drug-likeness (QED) is 0.652. The van der Waals surface area contributed by atoms with Crippen LogP contribution in [0.2, 0.25) is 0 Å². The molecule has 2 fully saturated rings. The molecule has 126 valence electrons. The van der Waals surface area contributed by atoms with Gasteiger partial charge < -0.3 is 15.5 Å². The highest BCUT2D eigenvalue weighted by atomic mass is 16.2. The zero-order valence-electron chi connectivity index (χ0n) is 14.4. The number of hydrogen-bond acceptors (Lipinski definition) is 2. The predicted octanol–water partition coefficient (Wildman–Crippen LogP) is 0.109. The van der Waals surface area contributed by atoms with Gasteiger partial charge in [0.15, 0.2) is 12.6 Å². The Morgan fingerprint density at radius 1 is 1.14 bits per heavy atom. The topological polar surface area (TPSA) is 62.6 Å². The summed E-state index contributed by atoms with van der Waals surface area (Å²) in [5.74, 6) is 1.33. The number of hydrogen-bond donors (Lipinski definition) is 3. The van der Waals surface area contributed by atoms with Gasteiger partial charge in [-0.15, -0.1) is 0 Å². The number of likely N-dealkylation sites (N-methyl/N-ethyl adjacent to an activating group) is 1. The Balaban J connectivity index is 1.78. The van der Waals surface area contributed by atoms with Crippen LogP contribution in [0.3, 0.4) is 0 Å². The van der Waals surface area contributed by atoms with Gasteiger partial charge in [-0.05, 0) is 38.0 Å².